The van der Waals surface area contributed by atoms with Crippen LogP contribution in [0.1, 0.15) is 25.3 Å². The summed E-state index contributed by atoms with van der Waals surface area (Å²) in [5.41, 5.74) is 8.58. The fourth-order valence-electron chi connectivity index (χ4n) is 3.42. The zero-order chi connectivity index (χ0) is 22.4. The van der Waals surface area contributed by atoms with Gasteiger partial charge in [0.05, 0.1) is 37.4 Å². The number of rotatable bonds is 7. The molecule has 0 spiro atoms. The highest BCUT2D eigenvalue weighted by Gasteiger charge is 2.36. The summed E-state index contributed by atoms with van der Waals surface area (Å²) < 4.78 is 15.8. The lowest BCUT2D eigenvalue weighted by Gasteiger charge is -2.30. The second-order valence-corrected chi connectivity index (χ2v) is 6.82. The molecule has 0 fully saturated rings. The molecule has 3 rings (SSSR count). The monoisotopic (exact) mass is 422 g/mol. The summed E-state index contributed by atoms with van der Waals surface area (Å²) in [6.07, 6.45) is 3.35. The third-order valence-electron chi connectivity index (χ3n) is 4.82. The molecule has 31 heavy (non-hydrogen) atoms. The average molecular weight is 422 g/mol. The van der Waals surface area contributed by atoms with E-state index in [0.29, 0.717) is 28.1 Å². The molecule has 0 saturated heterocycles. The topological polar surface area (TPSA) is 91.1 Å². The Labute approximate surface area is 181 Å². The van der Waals surface area contributed by atoms with E-state index in [4.69, 9.17) is 19.9 Å². The summed E-state index contributed by atoms with van der Waals surface area (Å²) in [5.74, 6) is -0.995. The molecular weight excluding hydrogens is 396 g/mol. The van der Waals surface area contributed by atoms with Gasteiger partial charge in [0.1, 0.15) is 5.75 Å². The zero-order valence-corrected chi connectivity index (χ0v) is 17.8. The van der Waals surface area contributed by atoms with Crippen LogP contribution in [-0.4, -0.2) is 32.3 Å². The first-order chi connectivity index (χ1) is 15.0. The van der Waals surface area contributed by atoms with Crippen molar-refractivity contribution >= 4 is 23.3 Å². The van der Waals surface area contributed by atoms with Crippen molar-refractivity contribution in [3.05, 3.63) is 77.6 Å². The fourth-order valence-corrected chi connectivity index (χ4v) is 3.42. The van der Waals surface area contributed by atoms with Crippen molar-refractivity contribution in [2.24, 2.45) is 0 Å². The van der Waals surface area contributed by atoms with Gasteiger partial charge in [-0.2, -0.15) is 0 Å². The van der Waals surface area contributed by atoms with Gasteiger partial charge in [-0.1, -0.05) is 12.1 Å². The SMILES string of the molecule is CCOC(=O)C1=CN(c2ccc(OC)cc2)C=C(C(=O)OCC)C1c1cccc(N)c1. The number of hydrogen-bond donors (Lipinski definition) is 1. The van der Waals surface area contributed by atoms with Crippen molar-refractivity contribution in [2.75, 3.05) is 31.0 Å². The van der Waals surface area contributed by atoms with E-state index >= 15 is 0 Å². The molecule has 0 atom stereocenters. The molecule has 162 valence electrons. The minimum atomic E-state index is -0.670. The Bertz CT molecular complexity index is 975. The quantitative estimate of drug-likeness (QED) is 0.536. The maximum atomic E-state index is 12.9. The highest BCUT2D eigenvalue weighted by Crippen LogP contribution is 2.39. The largest absolute Gasteiger partial charge is 0.497 e. The summed E-state index contributed by atoms with van der Waals surface area (Å²) in [7, 11) is 1.59. The van der Waals surface area contributed by atoms with Crippen molar-refractivity contribution in [1.82, 2.24) is 0 Å². The number of methoxy groups -OCH3 is 1. The number of anilines is 2. The lowest BCUT2D eigenvalue weighted by Crippen LogP contribution is -2.29. The first-order valence-electron chi connectivity index (χ1n) is 10.0. The van der Waals surface area contributed by atoms with Gasteiger partial charge < -0.3 is 24.8 Å². The molecule has 1 heterocycles. The Kier molecular flexibility index (Phi) is 6.97. The predicted octanol–water partition coefficient (Wildman–Crippen LogP) is 3.78. The second-order valence-electron chi connectivity index (χ2n) is 6.82. The molecule has 2 aromatic rings. The van der Waals surface area contributed by atoms with E-state index in [0.717, 1.165) is 5.69 Å². The standard InChI is InChI=1S/C24H26N2O5/c1-4-30-23(27)20-14-26(18-9-11-19(29-3)12-10-18)15-21(24(28)31-5-2)22(20)16-7-6-8-17(25)13-16/h6-15,22H,4-5,25H2,1-3H3. The normalized spacial score (nSPS) is 13.8. The highest BCUT2D eigenvalue weighted by molar-refractivity contribution is 6.00. The molecule has 0 unspecified atom stereocenters. The van der Waals surface area contributed by atoms with E-state index in [-0.39, 0.29) is 13.2 Å². The van der Waals surface area contributed by atoms with Crippen LogP contribution in [0.5, 0.6) is 5.75 Å². The molecule has 1 aliphatic rings. The summed E-state index contributed by atoms with van der Waals surface area (Å²) in [6, 6.07) is 14.4. The van der Waals surface area contributed by atoms with Crippen LogP contribution >= 0.6 is 0 Å². The molecule has 0 bridgehead atoms. The van der Waals surface area contributed by atoms with Crippen LogP contribution in [0.25, 0.3) is 0 Å². The van der Waals surface area contributed by atoms with Gasteiger partial charge in [0, 0.05) is 23.8 Å². The number of carbonyl (C=O) groups is 2. The summed E-state index contributed by atoms with van der Waals surface area (Å²) in [6.45, 7) is 3.89. The molecule has 1 aliphatic heterocycles. The number of hydrogen-bond acceptors (Lipinski definition) is 7. The first-order valence-corrected chi connectivity index (χ1v) is 10.0. The second kappa shape index (κ2) is 9.84. The molecular formula is C24H26N2O5. The van der Waals surface area contributed by atoms with Crippen molar-refractivity contribution < 1.29 is 23.8 Å². The predicted molar refractivity (Wildman–Crippen MR) is 119 cm³/mol. The molecule has 7 heteroatoms. The molecule has 0 saturated carbocycles. The Balaban J connectivity index is 2.15. The van der Waals surface area contributed by atoms with Crippen LogP contribution in [0.2, 0.25) is 0 Å². The van der Waals surface area contributed by atoms with Gasteiger partial charge in [0.15, 0.2) is 0 Å². The van der Waals surface area contributed by atoms with Crippen LogP contribution in [0.15, 0.2) is 72.1 Å². The fraction of sp³-hybridized carbons (Fsp3) is 0.250. The lowest BCUT2D eigenvalue weighted by molar-refractivity contribution is -0.139. The smallest absolute Gasteiger partial charge is 0.336 e. The van der Waals surface area contributed by atoms with E-state index in [2.05, 4.69) is 0 Å². The Hall–Kier alpha value is -3.74. The van der Waals surface area contributed by atoms with E-state index in [1.807, 2.05) is 18.2 Å². The Morgan fingerprint density at radius 1 is 0.935 bits per heavy atom. The Morgan fingerprint density at radius 3 is 2.00 bits per heavy atom. The first kappa shape index (κ1) is 22.0. The van der Waals surface area contributed by atoms with Crippen LogP contribution < -0.4 is 15.4 Å². The van der Waals surface area contributed by atoms with Gasteiger partial charge in [-0.05, 0) is 55.8 Å². The average Bonchev–Trinajstić information content (AvgIpc) is 2.78. The van der Waals surface area contributed by atoms with E-state index in [1.165, 1.54) is 0 Å². The third kappa shape index (κ3) is 4.88. The van der Waals surface area contributed by atoms with Crippen molar-refractivity contribution in [2.45, 2.75) is 19.8 Å². The minimum absolute atomic E-state index is 0.209. The molecule has 0 aliphatic carbocycles. The highest BCUT2D eigenvalue weighted by atomic mass is 16.5. The van der Waals surface area contributed by atoms with Crippen LogP contribution in [0.3, 0.4) is 0 Å². The molecule has 7 nitrogen and oxygen atoms in total. The van der Waals surface area contributed by atoms with E-state index in [1.54, 1.807) is 68.6 Å². The molecule has 0 amide bonds. The van der Waals surface area contributed by atoms with Crippen LogP contribution in [-0.2, 0) is 19.1 Å². The number of carbonyl (C=O) groups excluding carboxylic acids is 2. The molecule has 2 N–H and O–H groups in total. The van der Waals surface area contributed by atoms with Gasteiger partial charge in [0.25, 0.3) is 0 Å². The zero-order valence-electron chi connectivity index (χ0n) is 17.8. The maximum absolute atomic E-state index is 12.9. The maximum Gasteiger partial charge on any atom is 0.336 e. The van der Waals surface area contributed by atoms with Crippen molar-refractivity contribution in [3.63, 3.8) is 0 Å². The number of nitrogens with zero attached hydrogens (tertiary/aromatic N) is 1. The van der Waals surface area contributed by atoms with Crippen molar-refractivity contribution in [1.29, 1.82) is 0 Å². The molecule has 2 aromatic carbocycles. The van der Waals surface area contributed by atoms with Gasteiger partial charge >= 0.3 is 11.9 Å². The van der Waals surface area contributed by atoms with Gasteiger partial charge in [-0.15, -0.1) is 0 Å². The number of nitrogen functional groups attached to an aromatic ring is 1. The van der Waals surface area contributed by atoms with Gasteiger partial charge in [-0.3, -0.25) is 0 Å². The van der Waals surface area contributed by atoms with Gasteiger partial charge in [0.2, 0.25) is 0 Å². The van der Waals surface area contributed by atoms with Gasteiger partial charge in [-0.25, -0.2) is 9.59 Å². The molecule has 0 radical (unpaired) electrons. The van der Waals surface area contributed by atoms with Crippen LogP contribution in [0.4, 0.5) is 11.4 Å². The van der Waals surface area contributed by atoms with E-state index < -0.39 is 17.9 Å². The lowest BCUT2D eigenvalue weighted by atomic mass is 9.83. The minimum Gasteiger partial charge on any atom is -0.497 e. The number of esters is 2. The number of ether oxygens (including phenoxy) is 3. The Morgan fingerprint density at radius 2 is 1.52 bits per heavy atom. The number of benzene rings is 2. The number of nitrogens with two attached hydrogens (primary N) is 1. The van der Waals surface area contributed by atoms with Crippen LogP contribution in [0, 0.1) is 0 Å². The summed E-state index contributed by atoms with van der Waals surface area (Å²) in [5, 5.41) is 0. The summed E-state index contributed by atoms with van der Waals surface area (Å²) >= 11 is 0. The third-order valence-corrected chi connectivity index (χ3v) is 4.82. The van der Waals surface area contributed by atoms with Crippen molar-refractivity contribution in [3.8, 4) is 5.75 Å². The molecule has 0 aromatic heterocycles. The van der Waals surface area contributed by atoms with E-state index in [9.17, 15) is 9.59 Å². The summed E-state index contributed by atoms with van der Waals surface area (Å²) in [4.78, 5) is 27.6.